The van der Waals surface area contributed by atoms with E-state index in [0.717, 1.165) is 0 Å². The average Bonchev–Trinajstić information content (AvgIpc) is 2.45. The number of esters is 2. The van der Waals surface area contributed by atoms with Crippen molar-refractivity contribution in [3.05, 3.63) is 24.3 Å². The van der Waals surface area contributed by atoms with Crippen LogP contribution < -0.4 is 0 Å². The predicted octanol–water partition coefficient (Wildman–Crippen LogP) is 2.74. The Morgan fingerprint density at radius 2 is 1.13 bits per heavy atom. The van der Waals surface area contributed by atoms with Gasteiger partial charge in [-0.3, -0.25) is 0 Å². The van der Waals surface area contributed by atoms with E-state index in [-0.39, 0.29) is 11.9 Å². The molecule has 23 heavy (non-hydrogen) atoms. The molecule has 0 radical (unpaired) electrons. The quantitative estimate of drug-likeness (QED) is 0.235. The fourth-order valence-corrected chi connectivity index (χ4v) is 2.73. The SMILES string of the molecule is C=C(C)C(=O)OCCCO[Si](C)(C)OCCCOC(=O)C(=C)C. The van der Waals surface area contributed by atoms with Gasteiger partial charge in [0.05, 0.1) is 13.2 Å². The van der Waals surface area contributed by atoms with Gasteiger partial charge < -0.3 is 18.3 Å². The fraction of sp³-hybridized carbons (Fsp3) is 0.625. The first-order chi connectivity index (χ1) is 10.7. The second-order valence-electron chi connectivity index (χ2n) is 5.64. The third-order valence-corrected chi connectivity index (χ3v) is 4.44. The van der Waals surface area contributed by atoms with Gasteiger partial charge in [0.2, 0.25) is 0 Å². The standard InChI is InChI=1S/C16H28O6Si/c1-13(2)15(17)19-9-7-11-21-23(5,6)22-12-8-10-20-16(18)14(3)4/h1,3,7-12H2,2,4-6H3. The maximum Gasteiger partial charge on any atom is 0.333 e. The number of hydrogen-bond acceptors (Lipinski definition) is 6. The monoisotopic (exact) mass is 344 g/mol. The van der Waals surface area contributed by atoms with Crippen molar-refractivity contribution in [2.45, 2.75) is 39.8 Å². The van der Waals surface area contributed by atoms with Crippen LogP contribution in [0.25, 0.3) is 0 Å². The van der Waals surface area contributed by atoms with Crippen LogP contribution in [0.2, 0.25) is 13.1 Å². The molecule has 0 N–H and O–H groups in total. The highest BCUT2D eigenvalue weighted by Crippen LogP contribution is 2.08. The minimum atomic E-state index is -2.22. The molecule has 7 heteroatoms. The van der Waals surface area contributed by atoms with E-state index >= 15 is 0 Å². The maximum absolute atomic E-state index is 11.2. The average molecular weight is 344 g/mol. The van der Waals surface area contributed by atoms with Crippen molar-refractivity contribution in [3.8, 4) is 0 Å². The van der Waals surface area contributed by atoms with E-state index in [1.54, 1.807) is 13.8 Å². The Kier molecular flexibility index (Phi) is 10.4. The molecule has 0 saturated heterocycles. The molecule has 0 aromatic rings. The molecule has 0 rings (SSSR count). The van der Waals surface area contributed by atoms with Crippen molar-refractivity contribution in [3.63, 3.8) is 0 Å². The third kappa shape index (κ3) is 11.7. The van der Waals surface area contributed by atoms with E-state index < -0.39 is 8.56 Å². The van der Waals surface area contributed by atoms with Gasteiger partial charge >= 0.3 is 20.5 Å². The lowest BCUT2D eigenvalue weighted by Crippen LogP contribution is -2.36. The summed E-state index contributed by atoms with van der Waals surface area (Å²) in [7, 11) is -2.22. The molecule has 0 fully saturated rings. The van der Waals surface area contributed by atoms with Gasteiger partial charge in [0.25, 0.3) is 0 Å². The zero-order chi connectivity index (χ0) is 17.9. The van der Waals surface area contributed by atoms with Crippen LogP contribution in [0.4, 0.5) is 0 Å². The van der Waals surface area contributed by atoms with Gasteiger partial charge in [-0.05, 0) is 26.9 Å². The Bertz CT molecular complexity index is 392. The van der Waals surface area contributed by atoms with Gasteiger partial charge in [-0.15, -0.1) is 0 Å². The van der Waals surface area contributed by atoms with Crippen molar-refractivity contribution in [2.24, 2.45) is 0 Å². The molecule has 0 aliphatic carbocycles. The molecule has 0 saturated carbocycles. The predicted molar refractivity (Wildman–Crippen MR) is 90.2 cm³/mol. The second kappa shape index (κ2) is 11.1. The molecule has 0 bridgehead atoms. The summed E-state index contributed by atoms with van der Waals surface area (Å²) in [6, 6.07) is 0. The molecular formula is C16H28O6Si. The zero-order valence-corrected chi connectivity index (χ0v) is 15.6. The first-order valence-corrected chi connectivity index (χ1v) is 10.4. The molecule has 0 aromatic carbocycles. The summed E-state index contributed by atoms with van der Waals surface area (Å²) in [5.74, 6) is -0.774. The molecule has 6 nitrogen and oxygen atoms in total. The smallest absolute Gasteiger partial charge is 0.333 e. The van der Waals surface area contributed by atoms with Crippen molar-refractivity contribution in [2.75, 3.05) is 26.4 Å². The Hall–Kier alpha value is -1.44. The maximum atomic E-state index is 11.2. The van der Waals surface area contributed by atoms with Crippen LogP contribution in [0.3, 0.4) is 0 Å². The van der Waals surface area contributed by atoms with E-state index in [1.807, 2.05) is 13.1 Å². The minimum Gasteiger partial charge on any atom is -0.462 e. The molecule has 0 aromatic heterocycles. The highest BCUT2D eigenvalue weighted by Gasteiger charge is 2.24. The summed E-state index contributed by atoms with van der Waals surface area (Å²) in [4.78, 5) is 22.4. The van der Waals surface area contributed by atoms with E-state index in [1.165, 1.54) is 0 Å². The van der Waals surface area contributed by atoms with Crippen molar-refractivity contribution in [1.82, 2.24) is 0 Å². The highest BCUT2D eigenvalue weighted by molar-refractivity contribution is 6.64. The van der Waals surface area contributed by atoms with Crippen LogP contribution in [0.1, 0.15) is 26.7 Å². The van der Waals surface area contributed by atoms with Gasteiger partial charge in [0.1, 0.15) is 0 Å². The van der Waals surface area contributed by atoms with Crippen molar-refractivity contribution >= 4 is 20.5 Å². The van der Waals surface area contributed by atoms with Crippen LogP contribution in [-0.2, 0) is 27.9 Å². The van der Waals surface area contributed by atoms with Crippen LogP contribution in [0.5, 0.6) is 0 Å². The number of carbonyl (C=O) groups is 2. The molecule has 0 heterocycles. The molecule has 0 aliphatic rings. The second-order valence-corrected chi connectivity index (χ2v) is 9.01. The van der Waals surface area contributed by atoms with Gasteiger partial charge in [-0.2, -0.15) is 0 Å². The summed E-state index contributed by atoms with van der Waals surface area (Å²) >= 11 is 0. The third-order valence-electron chi connectivity index (χ3n) is 2.64. The summed E-state index contributed by atoms with van der Waals surface area (Å²) in [6.07, 6.45) is 1.21. The van der Waals surface area contributed by atoms with E-state index in [9.17, 15) is 9.59 Å². The summed E-state index contributed by atoms with van der Waals surface area (Å²) in [6.45, 7) is 15.6. The molecular weight excluding hydrogens is 316 g/mol. The summed E-state index contributed by atoms with van der Waals surface area (Å²) in [5.41, 5.74) is 0.771. The molecule has 0 spiro atoms. The van der Waals surface area contributed by atoms with Gasteiger partial charge in [-0.25, -0.2) is 9.59 Å². The topological polar surface area (TPSA) is 71.1 Å². The molecule has 0 atom stereocenters. The summed E-state index contributed by atoms with van der Waals surface area (Å²) < 4.78 is 21.4. The number of carbonyl (C=O) groups excluding carboxylic acids is 2. The summed E-state index contributed by atoms with van der Waals surface area (Å²) in [5, 5.41) is 0. The Morgan fingerprint density at radius 3 is 1.43 bits per heavy atom. The van der Waals surface area contributed by atoms with E-state index in [4.69, 9.17) is 18.3 Å². The molecule has 132 valence electrons. The lowest BCUT2D eigenvalue weighted by atomic mass is 10.4. The Balaban J connectivity index is 3.68. The highest BCUT2D eigenvalue weighted by atomic mass is 28.4. The van der Waals surface area contributed by atoms with E-state index in [0.29, 0.717) is 50.4 Å². The number of ether oxygens (including phenoxy) is 2. The normalized spacial score (nSPS) is 11.0. The first-order valence-electron chi connectivity index (χ1n) is 7.59. The van der Waals surface area contributed by atoms with Crippen LogP contribution in [0.15, 0.2) is 24.3 Å². The zero-order valence-electron chi connectivity index (χ0n) is 14.6. The fourth-order valence-electron chi connectivity index (χ4n) is 1.37. The minimum absolute atomic E-state index is 0.299. The first kappa shape index (κ1) is 21.6. The van der Waals surface area contributed by atoms with Crippen molar-refractivity contribution < 1.29 is 27.9 Å². The van der Waals surface area contributed by atoms with Crippen LogP contribution in [-0.4, -0.2) is 46.9 Å². The lowest BCUT2D eigenvalue weighted by molar-refractivity contribution is -0.140. The molecule has 0 unspecified atom stereocenters. The molecule has 0 aliphatic heterocycles. The molecule has 0 amide bonds. The lowest BCUT2D eigenvalue weighted by Gasteiger charge is -2.22. The largest absolute Gasteiger partial charge is 0.462 e. The van der Waals surface area contributed by atoms with Gasteiger partial charge in [-0.1, -0.05) is 13.2 Å². The van der Waals surface area contributed by atoms with E-state index in [2.05, 4.69) is 13.2 Å². The van der Waals surface area contributed by atoms with Crippen LogP contribution in [0, 0.1) is 0 Å². The Labute approximate surface area is 139 Å². The Morgan fingerprint density at radius 1 is 0.783 bits per heavy atom. The van der Waals surface area contributed by atoms with Gasteiger partial charge in [0.15, 0.2) is 0 Å². The number of rotatable bonds is 12. The van der Waals surface area contributed by atoms with Crippen molar-refractivity contribution in [1.29, 1.82) is 0 Å². The number of hydrogen-bond donors (Lipinski definition) is 0. The van der Waals surface area contributed by atoms with Gasteiger partial charge in [0, 0.05) is 37.2 Å². The van der Waals surface area contributed by atoms with Crippen LogP contribution >= 0.6 is 0 Å².